The van der Waals surface area contributed by atoms with Gasteiger partial charge in [0.15, 0.2) is 5.75 Å². The highest BCUT2D eigenvalue weighted by Crippen LogP contribution is 2.52. The molecule has 0 unspecified atom stereocenters. The number of pyridine rings is 1. The van der Waals surface area contributed by atoms with Crippen molar-refractivity contribution in [1.82, 2.24) is 4.98 Å². The first kappa shape index (κ1) is 14.4. The van der Waals surface area contributed by atoms with Crippen LogP contribution in [0.3, 0.4) is 0 Å². The summed E-state index contributed by atoms with van der Waals surface area (Å²) in [7, 11) is 0. The van der Waals surface area contributed by atoms with Gasteiger partial charge in [0, 0.05) is 27.7 Å². The number of aromatic nitrogens is 1. The second-order valence-corrected chi connectivity index (χ2v) is 6.50. The summed E-state index contributed by atoms with van der Waals surface area (Å²) in [6.45, 7) is 2.13. The van der Waals surface area contributed by atoms with E-state index in [1.54, 1.807) is 19.1 Å². The zero-order valence-electron chi connectivity index (χ0n) is 12.3. The molecule has 0 saturated carbocycles. The molecule has 5 nitrogen and oxygen atoms in total. The van der Waals surface area contributed by atoms with Gasteiger partial charge < -0.3 is 15.2 Å². The molecule has 1 atom stereocenters. The van der Waals surface area contributed by atoms with E-state index in [9.17, 15) is 4.39 Å². The van der Waals surface area contributed by atoms with Crippen LogP contribution in [0.4, 0.5) is 4.39 Å². The van der Waals surface area contributed by atoms with Crippen molar-refractivity contribution in [3.8, 4) is 11.5 Å². The van der Waals surface area contributed by atoms with E-state index in [1.165, 1.54) is 0 Å². The van der Waals surface area contributed by atoms with E-state index in [4.69, 9.17) is 15.2 Å². The molecule has 1 aromatic heterocycles. The van der Waals surface area contributed by atoms with Crippen LogP contribution in [0.2, 0.25) is 0 Å². The van der Waals surface area contributed by atoms with Gasteiger partial charge in [0.1, 0.15) is 11.3 Å². The lowest BCUT2D eigenvalue weighted by Crippen LogP contribution is -2.39. The summed E-state index contributed by atoms with van der Waals surface area (Å²) in [5, 5.41) is 0. The van der Waals surface area contributed by atoms with Crippen molar-refractivity contribution in [3.63, 3.8) is 0 Å². The van der Waals surface area contributed by atoms with Crippen molar-refractivity contribution in [2.75, 3.05) is 6.61 Å². The van der Waals surface area contributed by atoms with E-state index in [0.717, 1.165) is 10.0 Å². The van der Waals surface area contributed by atoms with Gasteiger partial charge in [0.2, 0.25) is 0 Å². The first-order valence-corrected chi connectivity index (χ1v) is 7.92. The summed E-state index contributed by atoms with van der Waals surface area (Å²) < 4.78 is 26.3. The molecule has 23 heavy (non-hydrogen) atoms. The summed E-state index contributed by atoms with van der Waals surface area (Å²) in [4.78, 5) is 8.42. The van der Waals surface area contributed by atoms with Gasteiger partial charge in [-0.05, 0) is 31.2 Å². The van der Waals surface area contributed by atoms with Gasteiger partial charge >= 0.3 is 0 Å². The molecular weight excluding hydrogens is 365 g/mol. The molecule has 4 rings (SSSR count). The van der Waals surface area contributed by atoms with Gasteiger partial charge in [0.25, 0.3) is 12.0 Å². The number of aliphatic imine (C=N–C) groups is 1. The zero-order valence-corrected chi connectivity index (χ0v) is 13.9. The topological polar surface area (TPSA) is 69.7 Å². The van der Waals surface area contributed by atoms with Gasteiger partial charge in [-0.2, -0.15) is 4.39 Å². The molecule has 7 heteroatoms. The Labute approximate surface area is 140 Å². The number of hydrogen-bond acceptors (Lipinski definition) is 5. The first-order chi connectivity index (χ1) is 11.0. The van der Waals surface area contributed by atoms with E-state index in [0.29, 0.717) is 30.0 Å². The third-order valence-corrected chi connectivity index (χ3v) is 4.61. The number of halogens is 2. The smallest absolute Gasteiger partial charge is 0.283 e. The third kappa shape index (κ3) is 2.10. The van der Waals surface area contributed by atoms with Crippen LogP contribution in [0.15, 0.2) is 33.7 Å². The van der Waals surface area contributed by atoms with Crippen LogP contribution >= 0.6 is 15.9 Å². The number of nitrogens with zero attached hydrogens (tertiary/aromatic N) is 2. The molecule has 0 bridgehead atoms. The lowest BCUT2D eigenvalue weighted by Gasteiger charge is -2.39. The van der Waals surface area contributed by atoms with Crippen LogP contribution < -0.4 is 10.5 Å². The minimum Gasteiger partial charge on any atom is -0.465 e. The Balaban J connectivity index is 2.08. The highest BCUT2D eigenvalue weighted by atomic mass is 79.9. The molecule has 0 saturated heterocycles. The summed E-state index contributed by atoms with van der Waals surface area (Å²) in [6, 6.07) is 7.43. The number of nitrogens with two attached hydrogens (primary N) is 1. The number of fused-ring (bicyclic) bond motifs is 4. The van der Waals surface area contributed by atoms with Crippen molar-refractivity contribution < 1.29 is 13.9 Å². The minimum absolute atomic E-state index is 0.0879. The van der Waals surface area contributed by atoms with E-state index >= 15 is 0 Å². The monoisotopic (exact) mass is 377 g/mol. The average Bonchev–Trinajstić information content (AvgIpc) is 2.50. The van der Waals surface area contributed by atoms with Gasteiger partial charge in [-0.25, -0.2) is 9.98 Å². The maximum atomic E-state index is 14.4. The normalized spacial score (nSPS) is 21.8. The zero-order chi connectivity index (χ0) is 16.2. The Kier molecular flexibility index (Phi) is 3.09. The Morgan fingerprint density at radius 2 is 2.13 bits per heavy atom. The molecule has 3 heterocycles. The molecule has 1 aromatic carbocycles. The predicted octanol–water partition coefficient (Wildman–Crippen LogP) is 3.38. The fourth-order valence-corrected chi connectivity index (χ4v) is 3.53. The summed E-state index contributed by atoms with van der Waals surface area (Å²) >= 11 is 3.47. The number of benzene rings is 1. The van der Waals surface area contributed by atoms with Crippen molar-refractivity contribution in [2.45, 2.75) is 18.9 Å². The number of hydrogen-bond donors (Lipinski definition) is 1. The Hall–Kier alpha value is -2.15. The lowest BCUT2D eigenvalue weighted by atomic mass is 9.78. The fourth-order valence-electron chi connectivity index (χ4n) is 3.17. The lowest BCUT2D eigenvalue weighted by molar-refractivity contribution is 0.217. The quantitative estimate of drug-likeness (QED) is 0.714. The third-order valence-electron chi connectivity index (χ3n) is 4.12. The van der Waals surface area contributed by atoms with Crippen molar-refractivity contribution in [3.05, 3.63) is 51.5 Å². The minimum atomic E-state index is -0.830. The Morgan fingerprint density at radius 3 is 2.91 bits per heavy atom. The molecule has 0 aliphatic carbocycles. The molecule has 2 aliphatic heterocycles. The summed E-state index contributed by atoms with van der Waals surface area (Å²) in [5.41, 5.74) is 7.02. The highest BCUT2D eigenvalue weighted by molar-refractivity contribution is 9.10. The van der Waals surface area contributed by atoms with Gasteiger partial charge in [-0.1, -0.05) is 15.9 Å². The van der Waals surface area contributed by atoms with Crippen molar-refractivity contribution in [2.24, 2.45) is 10.7 Å². The van der Waals surface area contributed by atoms with Crippen LogP contribution in [0.25, 0.3) is 0 Å². The number of ether oxygens (including phenoxy) is 2. The van der Waals surface area contributed by atoms with Crippen LogP contribution in [0, 0.1) is 12.9 Å². The average molecular weight is 378 g/mol. The molecule has 2 N–H and O–H groups in total. The largest absolute Gasteiger partial charge is 0.465 e. The highest BCUT2D eigenvalue weighted by Gasteiger charge is 2.46. The standard InChI is InChI=1S/C16H13BrFN3O2/c1-8-6-11-13(14(18)20-8)23-12-3-2-9(17)7-10(12)16(11)4-5-22-15(19)21-16/h2-3,6-7H,4-5H2,1H3,(H2,19,21)/t16-/m0/s1. The SMILES string of the molecule is Cc1cc2c(c(F)n1)Oc1ccc(Br)cc1[C@@]21CCOC(N)=N1. The van der Waals surface area contributed by atoms with Crippen molar-refractivity contribution >= 4 is 22.0 Å². The van der Waals surface area contributed by atoms with Crippen LogP contribution in [0.1, 0.15) is 23.2 Å². The number of aryl methyl sites for hydroxylation is 1. The summed E-state index contributed by atoms with van der Waals surface area (Å²) in [5.74, 6) is 0.000725. The first-order valence-electron chi connectivity index (χ1n) is 7.13. The van der Waals surface area contributed by atoms with Crippen LogP contribution in [-0.2, 0) is 10.3 Å². The van der Waals surface area contributed by atoms with E-state index in [2.05, 4.69) is 25.9 Å². The summed E-state index contributed by atoms with van der Waals surface area (Å²) in [6.07, 6.45) is 0.538. The van der Waals surface area contributed by atoms with Crippen molar-refractivity contribution in [1.29, 1.82) is 0 Å². The number of amidine groups is 1. The molecule has 0 fully saturated rings. The molecule has 2 aromatic rings. The van der Waals surface area contributed by atoms with E-state index in [-0.39, 0.29) is 11.8 Å². The molecule has 1 spiro atoms. The molecular formula is C16H13BrFN3O2. The van der Waals surface area contributed by atoms with Crippen LogP contribution in [0.5, 0.6) is 11.5 Å². The van der Waals surface area contributed by atoms with Crippen LogP contribution in [-0.4, -0.2) is 17.6 Å². The maximum Gasteiger partial charge on any atom is 0.283 e. The predicted molar refractivity (Wildman–Crippen MR) is 86.1 cm³/mol. The maximum absolute atomic E-state index is 14.4. The fraction of sp³-hybridized carbons (Fsp3) is 0.250. The molecule has 118 valence electrons. The Bertz CT molecular complexity index is 855. The van der Waals surface area contributed by atoms with Gasteiger partial charge in [-0.15, -0.1) is 0 Å². The van der Waals surface area contributed by atoms with Gasteiger partial charge in [0.05, 0.1) is 6.61 Å². The van der Waals surface area contributed by atoms with E-state index < -0.39 is 11.5 Å². The number of rotatable bonds is 0. The molecule has 2 aliphatic rings. The van der Waals surface area contributed by atoms with E-state index in [1.807, 2.05) is 12.1 Å². The van der Waals surface area contributed by atoms with Gasteiger partial charge in [-0.3, -0.25) is 0 Å². The second kappa shape index (κ2) is 4.92. The molecule has 0 amide bonds. The molecule has 0 radical (unpaired) electrons. The second-order valence-electron chi connectivity index (χ2n) is 5.58. The Morgan fingerprint density at radius 1 is 1.30 bits per heavy atom.